The van der Waals surface area contributed by atoms with Gasteiger partial charge in [-0.1, -0.05) is 23.9 Å². The second-order valence-electron chi connectivity index (χ2n) is 6.46. The average Bonchev–Trinajstić information content (AvgIpc) is 3.16. The van der Waals surface area contributed by atoms with Gasteiger partial charge >= 0.3 is 0 Å². The first kappa shape index (κ1) is 19.1. The van der Waals surface area contributed by atoms with Gasteiger partial charge in [-0.2, -0.15) is 0 Å². The van der Waals surface area contributed by atoms with E-state index >= 15 is 0 Å². The monoisotopic (exact) mass is 414 g/mol. The number of rotatable bonds is 7. The fourth-order valence-electron chi connectivity index (χ4n) is 3.07. The van der Waals surface area contributed by atoms with Crippen LogP contribution in [-0.2, 0) is 4.79 Å². The summed E-state index contributed by atoms with van der Waals surface area (Å²) in [6.45, 7) is 5.25. The molecule has 0 radical (unpaired) electrons. The van der Waals surface area contributed by atoms with E-state index in [1.54, 1.807) is 23.7 Å². The molecule has 0 aliphatic carbocycles. The van der Waals surface area contributed by atoms with Crippen LogP contribution in [0, 0.1) is 0 Å². The molecule has 1 aliphatic heterocycles. The minimum atomic E-state index is 0.0561. The molecule has 4 rings (SSSR count). The van der Waals surface area contributed by atoms with Gasteiger partial charge in [0.05, 0.1) is 16.0 Å². The van der Waals surface area contributed by atoms with Crippen molar-refractivity contribution < 1.29 is 4.79 Å². The molecule has 1 aromatic carbocycles. The molecule has 1 aliphatic rings. The summed E-state index contributed by atoms with van der Waals surface area (Å²) in [5, 5.41) is 3.01. The topological polar surface area (TPSA) is 74.2 Å². The predicted molar refractivity (Wildman–Crippen MR) is 114 cm³/mol. The van der Waals surface area contributed by atoms with Crippen LogP contribution in [0.2, 0.25) is 0 Å². The van der Waals surface area contributed by atoms with Crippen LogP contribution in [0.3, 0.4) is 0 Å². The van der Waals surface area contributed by atoms with E-state index < -0.39 is 0 Å². The third-order valence-corrected chi connectivity index (χ3v) is 6.74. The molecule has 3 heterocycles. The first-order valence-corrected chi connectivity index (χ1v) is 11.1. The summed E-state index contributed by atoms with van der Waals surface area (Å²) in [4.78, 5) is 29.8. The second-order valence-corrected chi connectivity index (χ2v) is 8.72. The maximum absolute atomic E-state index is 12.1. The van der Waals surface area contributed by atoms with Crippen molar-refractivity contribution in [1.82, 2.24) is 25.2 Å². The Morgan fingerprint density at radius 2 is 1.89 bits per heavy atom. The number of piperazine rings is 1. The van der Waals surface area contributed by atoms with Gasteiger partial charge in [-0.05, 0) is 18.2 Å². The van der Waals surface area contributed by atoms with Crippen LogP contribution in [0.15, 0.2) is 47.1 Å². The summed E-state index contributed by atoms with van der Waals surface area (Å²) in [5.41, 5.74) is 0.996. The first-order chi connectivity index (χ1) is 13.8. The average molecular weight is 415 g/mol. The number of thiazole rings is 1. The molecule has 28 heavy (non-hydrogen) atoms. The molecule has 0 atom stereocenters. The quantitative estimate of drug-likeness (QED) is 0.594. The number of fused-ring (bicyclic) bond motifs is 1. The molecular weight excluding hydrogens is 392 g/mol. The molecule has 1 saturated heterocycles. The van der Waals surface area contributed by atoms with Gasteiger partial charge in [0, 0.05) is 51.7 Å². The van der Waals surface area contributed by atoms with Crippen molar-refractivity contribution in [2.75, 3.05) is 49.9 Å². The van der Waals surface area contributed by atoms with E-state index in [-0.39, 0.29) is 5.91 Å². The number of anilines is 1. The zero-order chi connectivity index (χ0) is 19.2. The lowest BCUT2D eigenvalue weighted by molar-refractivity contribution is -0.118. The van der Waals surface area contributed by atoms with Gasteiger partial charge in [0.25, 0.3) is 0 Å². The summed E-state index contributed by atoms with van der Waals surface area (Å²) < 4.78 is 2.10. The molecule has 9 heteroatoms. The number of carbonyl (C=O) groups excluding carboxylic acids is 1. The number of nitrogens with zero attached hydrogens (tertiary/aromatic N) is 5. The highest BCUT2D eigenvalue weighted by molar-refractivity contribution is 8.01. The number of amides is 1. The van der Waals surface area contributed by atoms with Crippen LogP contribution in [0.25, 0.3) is 10.2 Å². The van der Waals surface area contributed by atoms with Gasteiger partial charge < -0.3 is 10.2 Å². The Hall–Kier alpha value is -2.23. The fraction of sp³-hybridized carbons (Fsp3) is 0.368. The Morgan fingerprint density at radius 3 is 2.68 bits per heavy atom. The molecular formula is C19H22N6OS2. The van der Waals surface area contributed by atoms with Crippen molar-refractivity contribution >= 4 is 45.2 Å². The van der Waals surface area contributed by atoms with Crippen LogP contribution in [0.4, 0.5) is 5.95 Å². The van der Waals surface area contributed by atoms with E-state index in [0.717, 1.165) is 53.2 Å². The molecule has 7 nitrogen and oxygen atoms in total. The highest BCUT2D eigenvalue weighted by atomic mass is 32.2. The largest absolute Gasteiger partial charge is 0.354 e. The molecule has 0 saturated carbocycles. The molecule has 1 fully saturated rings. The van der Waals surface area contributed by atoms with Gasteiger partial charge in [0.2, 0.25) is 11.9 Å². The van der Waals surface area contributed by atoms with Crippen LogP contribution in [0.5, 0.6) is 0 Å². The van der Waals surface area contributed by atoms with Gasteiger partial charge in [0.15, 0.2) is 4.34 Å². The standard InChI is InChI=1S/C19H22N6OS2/c26-17(14-27-19-23-15-4-1-2-5-16(15)28-19)20-8-9-24-10-12-25(13-11-24)18-21-6-3-7-22-18/h1-7H,8-14H2,(H,20,26). The number of para-hydroxylation sites is 1. The Labute approximate surface area is 172 Å². The van der Waals surface area contributed by atoms with Gasteiger partial charge in [-0.15, -0.1) is 11.3 Å². The summed E-state index contributed by atoms with van der Waals surface area (Å²) >= 11 is 3.13. The lowest BCUT2D eigenvalue weighted by Crippen LogP contribution is -2.49. The number of nitrogens with one attached hydrogen (secondary N) is 1. The molecule has 3 aromatic rings. The summed E-state index contributed by atoms with van der Waals surface area (Å²) in [7, 11) is 0. The van der Waals surface area contributed by atoms with Gasteiger partial charge in [-0.25, -0.2) is 15.0 Å². The third-order valence-electron chi connectivity index (χ3n) is 4.56. The SMILES string of the molecule is O=C(CSc1nc2ccccc2s1)NCCN1CCN(c2ncccn2)CC1. The second kappa shape index (κ2) is 9.31. The third kappa shape index (κ3) is 4.98. The van der Waals surface area contributed by atoms with Crippen molar-refractivity contribution in [3.63, 3.8) is 0 Å². The number of aromatic nitrogens is 3. The number of carbonyl (C=O) groups is 1. The summed E-state index contributed by atoms with van der Waals surface area (Å²) in [6, 6.07) is 9.88. The van der Waals surface area contributed by atoms with Gasteiger partial charge in [-0.3, -0.25) is 9.69 Å². The van der Waals surface area contributed by atoms with E-state index in [0.29, 0.717) is 12.3 Å². The Morgan fingerprint density at radius 1 is 1.11 bits per heavy atom. The Kier molecular flexibility index (Phi) is 6.35. The maximum atomic E-state index is 12.1. The summed E-state index contributed by atoms with van der Waals surface area (Å²) in [6.07, 6.45) is 3.55. The van der Waals surface area contributed by atoms with Crippen molar-refractivity contribution in [3.8, 4) is 0 Å². The lowest BCUT2D eigenvalue weighted by Gasteiger charge is -2.34. The zero-order valence-electron chi connectivity index (χ0n) is 15.5. The van der Waals surface area contributed by atoms with E-state index in [4.69, 9.17) is 0 Å². The van der Waals surface area contributed by atoms with Crippen LogP contribution in [0.1, 0.15) is 0 Å². The van der Waals surface area contributed by atoms with Gasteiger partial charge in [0.1, 0.15) is 0 Å². The Bertz CT molecular complexity index is 878. The van der Waals surface area contributed by atoms with Crippen molar-refractivity contribution in [1.29, 1.82) is 0 Å². The number of hydrogen-bond acceptors (Lipinski definition) is 8. The fourth-order valence-corrected chi connectivity index (χ4v) is 4.97. The number of thioether (sulfide) groups is 1. The minimum Gasteiger partial charge on any atom is -0.354 e. The van der Waals surface area contributed by atoms with E-state index in [9.17, 15) is 4.79 Å². The molecule has 146 valence electrons. The molecule has 0 unspecified atom stereocenters. The van der Waals surface area contributed by atoms with E-state index in [1.807, 2.05) is 24.3 Å². The number of hydrogen-bond donors (Lipinski definition) is 1. The van der Waals surface area contributed by atoms with E-state index in [2.05, 4.69) is 36.1 Å². The van der Waals surface area contributed by atoms with Crippen LogP contribution < -0.4 is 10.2 Å². The van der Waals surface area contributed by atoms with Crippen LogP contribution in [-0.4, -0.2) is 70.8 Å². The molecule has 2 aromatic heterocycles. The Balaban J connectivity index is 1.14. The molecule has 0 spiro atoms. The van der Waals surface area contributed by atoms with Crippen molar-refractivity contribution in [2.45, 2.75) is 4.34 Å². The van der Waals surface area contributed by atoms with Crippen molar-refractivity contribution in [3.05, 3.63) is 42.7 Å². The smallest absolute Gasteiger partial charge is 0.230 e. The summed E-state index contributed by atoms with van der Waals surface area (Å²) in [5.74, 6) is 1.25. The predicted octanol–water partition coefficient (Wildman–Crippen LogP) is 2.12. The maximum Gasteiger partial charge on any atom is 0.230 e. The zero-order valence-corrected chi connectivity index (χ0v) is 17.1. The van der Waals surface area contributed by atoms with Crippen LogP contribution >= 0.6 is 23.1 Å². The molecule has 1 amide bonds. The lowest BCUT2D eigenvalue weighted by atomic mass is 10.3. The normalized spacial score (nSPS) is 15.1. The first-order valence-electron chi connectivity index (χ1n) is 9.27. The highest BCUT2D eigenvalue weighted by Crippen LogP contribution is 2.28. The van der Waals surface area contributed by atoms with E-state index in [1.165, 1.54) is 11.8 Å². The molecule has 0 bridgehead atoms. The molecule has 1 N–H and O–H groups in total. The highest BCUT2D eigenvalue weighted by Gasteiger charge is 2.18. The van der Waals surface area contributed by atoms with Crippen molar-refractivity contribution in [2.24, 2.45) is 0 Å². The minimum absolute atomic E-state index is 0.0561. The number of benzene rings is 1.